The fourth-order valence-corrected chi connectivity index (χ4v) is 4.54. The van der Waals surface area contributed by atoms with E-state index in [0.717, 1.165) is 18.4 Å². The quantitative estimate of drug-likeness (QED) is 0.877. The molecule has 0 unspecified atom stereocenters. The molecule has 0 radical (unpaired) electrons. The number of H-pyrrole nitrogens is 1. The number of aromatic amines is 1. The fraction of sp³-hybridized carbons (Fsp3) is 0.400. The highest BCUT2D eigenvalue weighted by Gasteiger charge is 2.37. The first-order valence-electron chi connectivity index (χ1n) is 7.32. The minimum atomic E-state index is -3.57. The molecule has 22 heavy (non-hydrogen) atoms. The number of imidazole rings is 1. The number of rotatable bonds is 5. The largest absolute Gasteiger partial charge is 0.388 e. The standard InChI is InChI=1S/C15H19N3O3S/c19-14(12-5-2-1-3-6-12)9-13-7-4-8-18(13)22(20,21)15-10-16-11-17-15/h1-3,5-6,10-11,13-14,19H,4,7-9H2,(H,16,17)/t13-,14-/m1/s1. The Labute approximate surface area is 129 Å². The number of nitrogens with zero attached hydrogens (tertiary/aromatic N) is 2. The van der Waals surface area contributed by atoms with Gasteiger partial charge in [0.2, 0.25) is 0 Å². The summed E-state index contributed by atoms with van der Waals surface area (Å²) in [6.45, 7) is 0.480. The van der Waals surface area contributed by atoms with E-state index in [-0.39, 0.29) is 11.1 Å². The van der Waals surface area contributed by atoms with Crippen molar-refractivity contribution in [1.82, 2.24) is 14.3 Å². The number of benzene rings is 1. The molecule has 1 aliphatic heterocycles. The summed E-state index contributed by atoms with van der Waals surface area (Å²) in [4.78, 5) is 6.44. The van der Waals surface area contributed by atoms with Gasteiger partial charge in [-0.2, -0.15) is 4.31 Å². The summed E-state index contributed by atoms with van der Waals surface area (Å²) < 4.78 is 26.7. The average molecular weight is 321 g/mol. The van der Waals surface area contributed by atoms with Gasteiger partial charge in [0, 0.05) is 12.6 Å². The summed E-state index contributed by atoms with van der Waals surface area (Å²) >= 11 is 0. The Morgan fingerprint density at radius 2 is 2.14 bits per heavy atom. The van der Waals surface area contributed by atoms with E-state index in [9.17, 15) is 13.5 Å². The molecule has 1 saturated heterocycles. The molecule has 7 heteroatoms. The molecule has 0 spiro atoms. The second-order valence-corrected chi connectivity index (χ2v) is 7.35. The topological polar surface area (TPSA) is 86.3 Å². The molecule has 2 heterocycles. The van der Waals surface area contributed by atoms with Crippen LogP contribution in [0.4, 0.5) is 0 Å². The van der Waals surface area contributed by atoms with E-state index in [1.807, 2.05) is 30.3 Å². The van der Waals surface area contributed by atoms with Crippen molar-refractivity contribution in [2.45, 2.75) is 36.4 Å². The maximum atomic E-state index is 12.6. The number of aromatic nitrogens is 2. The normalized spacial score (nSPS) is 21.0. The molecule has 2 N–H and O–H groups in total. The van der Waals surface area contributed by atoms with Crippen molar-refractivity contribution in [3.8, 4) is 0 Å². The lowest BCUT2D eigenvalue weighted by Crippen LogP contribution is -2.36. The minimum Gasteiger partial charge on any atom is -0.388 e. The predicted molar refractivity (Wildman–Crippen MR) is 81.5 cm³/mol. The van der Waals surface area contributed by atoms with Crippen LogP contribution in [0.2, 0.25) is 0 Å². The molecule has 1 aliphatic rings. The smallest absolute Gasteiger partial charge is 0.260 e. The van der Waals surface area contributed by atoms with E-state index in [0.29, 0.717) is 13.0 Å². The van der Waals surface area contributed by atoms with Crippen molar-refractivity contribution in [2.24, 2.45) is 0 Å². The minimum absolute atomic E-state index is 0.105. The Kier molecular flexibility index (Phi) is 4.28. The number of hydrogen-bond donors (Lipinski definition) is 2. The molecule has 2 aromatic rings. The predicted octanol–water partition coefficient (Wildman–Crippen LogP) is 1.69. The third-order valence-electron chi connectivity index (χ3n) is 4.06. The summed E-state index contributed by atoms with van der Waals surface area (Å²) in [5.41, 5.74) is 0.813. The summed E-state index contributed by atoms with van der Waals surface area (Å²) in [5, 5.41) is 10.5. The van der Waals surface area contributed by atoms with Gasteiger partial charge in [-0.15, -0.1) is 0 Å². The third kappa shape index (κ3) is 2.92. The monoisotopic (exact) mass is 321 g/mol. The van der Waals surface area contributed by atoms with Crippen molar-refractivity contribution in [3.63, 3.8) is 0 Å². The van der Waals surface area contributed by atoms with Gasteiger partial charge in [0.1, 0.15) is 0 Å². The zero-order valence-corrected chi connectivity index (χ0v) is 12.9. The molecule has 0 bridgehead atoms. The summed E-state index contributed by atoms with van der Waals surface area (Å²) in [7, 11) is -3.57. The van der Waals surface area contributed by atoms with Gasteiger partial charge in [0.05, 0.1) is 18.6 Å². The number of aliphatic hydroxyl groups excluding tert-OH is 1. The first kappa shape index (κ1) is 15.2. The van der Waals surface area contributed by atoms with Crippen molar-refractivity contribution in [3.05, 3.63) is 48.4 Å². The van der Waals surface area contributed by atoms with Crippen LogP contribution in [0.25, 0.3) is 0 Å². The Bertz CT molecular complexity index is 701. The first-order valence-corrected chi connectivity index (χ1v) is 8.76. The van der Waals surface area contributed by atoms with Gasteiger partial charge < -0.3 is 10.1 Å². The van der Waals surface area contributed by atoms with Crippen molar-refractivity contribution in [1.29, 1.82) is 0 Å². The second kappa shape index (κ2) is 6.20. The van der Waals surface area contributed by atoms with Crippen LogP contribution in [-0.2, 0) is 10.0 Å². The number of aliphatic hydroxyl groups is 1. The molecular formula is C15H19N3O3S. The van der Waals surface area contributed by atoms with Gasteiger partial charge >= 0.3 is 0 Å². The van der Waals surface area contributed by atoms with E-state index in [1.54, 1.807) is 0 Å². The van der Waals surface area contributed by atoms with Crippen molar-refractivity contribution in [2.75, 3.05) is 6.54 Å². The van der Waals surface area contributed by atoms with Crippen molar-refractivity contribution >= 4 is 10.0 Å². The summed E-state index contributed by atoms with van der Waals surface area (Å²) in [6.07, 6.45) is 3.98. The van der Waals surface area contributed by atoms with Gasteiger partial charge in [-0.1, -0.05) is 30.3 Å². The molecular weight excluding hydrogens is 302 g/mol. The second-order valence-electron chi connectivity index (χ2n) is 5.49. The lowest BCUT2D eigenvalue weighted by Gasteiger charge is -2.25. The number of nitrogens with one attached hydrogen (secondary N) is 1. The van der Waals surface area contributed by atoms with E-state index in [4.69, 9.17) is 0 Å². The molecule has 6 nitrogen and oxygen atoms in total. The first-order chi connectivity index (χ1) is 10.6. The number of hydrogen-bond acceptors (Lipinski definition) is 4. The molecule has 2 atom stereocenters. The van der Waals surface area contributed by atoms with Crippen LogP contribution in [0.5, 0.6) is 0 Å². The van der Waals surface area contributed by atoms with Crippen LogP contribution in [0.3, 0.4) is 0 Å². The van der Waals surface area contributed by atoms with Gasteiger partial charge in [-0.05, 0) is 24.8 Å². The summed E-state index contributed by atoms with van der Waals surface area (Å²) in [6, 6.07) is 9.14. The maximum Gasteiger partial charge on any atom is 0.260 e. The average Bonchev–Trinajstić information content (AvgIpc) is 3.20. The van der Waals surface area contributed by atoms with E-state index < -0.39 is 16.1 Å². The van der Waals surface area contributed by atoms with Gasteiger partial charge in [-0.25, -0.2) is 13.4 Å². The van der Waals surface area contributed by atoms with Crippen LogP contribution in [0.1, 0.15) is 30.9 Å². The maximum absolute atomic E-state index is 12.6. The van der Waals surface area contributed by atoms with E-state index in [1.165, 1.54) is 16.8 Å². The molecule has 1 fully saturated rings. The zero-order chi connectivity index (χ0) is 15.6. The molecule has 0 amide bonds. The highest BCUT2D eigenvalue weighted by molar-refractivity contribution is 7.89. The Morgan fingerprint density at radius 3 is 2.82 bits per heavy atom. The van der Waals surface area contributed by atoms with E-state index in [2.05, 4.69) is 9.97 Å². The van der Waals surface area contributed by atoms with Crippen LogP contribution in [-0.4, -0.2) is 40.4 Å². The lowest BCUT2D eigenvalue weighted by molar-refractivity contribution is 0.142. The molecule has 3 rings (SSSR count). The Hall–Kier alpha value is -1.70. The SMILES string of the molecule is O=S(=O)(c1cnc[nH]1)N1CCC[C@@H]1C[C@@H](O)c1ccccc1. The highest BCUT2D eigenvalue weighted by atomic mass is 32.2. The van der Waals surface area contributed by atoms with Crippen LogP contribution in [0, 0.1) is 0 Å². The highest BCUT2D eigenvalue weighted by Crippen LogP contribution is 2.31. The lowest BCUT2D eigenvalue weighted by atomic mass is 10.0. The number of sulfonamides is 1. The molecule has 0 aliphatic carbocycles. The fourth-order valence-electron chi connectivity index (χ4n) is 2.94. The molecule has 0 saturated carbocycles. The van der Waals surface area contributed by atoms with Crippen LogP contribution >= 0.6 is 0 Å². The molecule has 1 aromatic heterocycles. The zero-order valence-electron chi connectivity index (χ0n) is 12.1. The Morgan fingerprint density at radius 1 is 1.36 bits per heavy atom. The van der Waals surface area contributed by atoms with Crippen molar-refractivity contribution < 1.29 is 13.5 Å². The Balaban J connectivity index is 1.77. The van der Waals surface area contributed by atoms with E-state index >= 15 is 0 Å². The van der Waals surface area contributed by atoms with Gasteiger partial charge in [0.15, 0.2) is 5.03 Å². The van der Waals surface area contributed by atoms with Gasteiger partial charge in [-0.3, -0.25) is 0 Å². The van der Waals surface area contributed by atoms with Gasteiger partial charge in [0.25, 0.3) is 10.0 Å². The van der Waals surface area contributed by atoms with Crippen LogP contribution in [0.15, 0.2) is 47.9 Å². The summed E-state index contributed by atoms with van der Waals surface area (Å²) in [5.74, 6) is 0. The molecule has 1 aromatic carbocycles. The van der Waals surface area contributed by atoms with Crippen LogP contribution < -0.4 is 0 Å². The molecule has 118 valence electrons. The third-order valence-corrected chi connectivity index (χ3v) is 5.94.